The SMILES string of the molecule is O=C(O)N1CCCN(C(=O)C2CCOC2)CC1. The minimum absolute atomic E-state index is 0.0219. The maximum absolute atomic E-state index is 12.1. The summed E-state index contributed by atoms with van der Waals surface area (Å²) < 4.78 is 5.21. The van der Waals surface area contributed by atoms with Gasteiger partial charge in [0.1, 0.15) is 0 Å². The van der Waals surface area contributed by atoms with Crippen LogP contribution >= 0.6 is 0 Å². The van der Waals surface area contributed by atoms with Gasteiger partial charge in [-0.25, -0.2) is 4.79 Å². The summed E-state index contributed by atoms with van der Waals surface area (Å²) in [5, 5.41) is 8.90. The van der Waals surface area contributed by atoms with Crippen LogP contribution in [0.15, 0.2) is 0 Å². The molecule has 0 aromatic rings. The second kappa shape index (κ2) is 5.35. The molecule has 1 unspecified atom stereocenters. The third-order valence-electron chi connectivity index (χ3n) is 3.36. The first-order valence-corrected chi connectivity index (χ1v) is 6.03. The summed E-state index contributed by atoms with van der Waals surface area (Å²) in [6.45, 7) is 3.25. The highest BCUT2D eigenvalue weighted by atomic mass is 16.5. The fourth-order valence-corrected chi connectivity index (χ4v) is 2.32. The predicted molar refractivity (Wildman–Crippen MR) is 59.7 cm³/mol. The van der Waals surface area contributed by atoms with Crippen LogP contribution in [-0.2, 0) is 9.53 Å². The van der Waals surface area contributed by atoms with Crippen molar-refractivity contribution in [2.24, 2.45) is 5.92 Å². The third-order valence-corrected chi connectivity index (χ3v) is 3.36. The Kier molecular flexibility index (Phi) is 3.83. The molecular weight excluding hydrogens is 224 g/mol. The monoisotopic (exact) mass is 242 g/mol. The lowest BCUT2D eigenvalue weighted by molar-refractivity contribution is -0.135. The van der Waals surface area contributed by atoms with Crippen LogP contribution in [0.1, 0.15) is 12.8 Å². The molecule has 1 atom stereocenters. The molecule has 1 N–H and O–H groups in total. The quantitative estimate of drug-likeness (QED) is 0.715. The third kappa shape index (κ3) is 2.88. The van der Waals surface area contributed by atoms with Crippen LogP contribution in [0.2, 0.25) is 0 Å². The zero-order valence-corrected chi connectivity index (χ0v) is 9.80. The van der Waals surface area contributed by atoms with Gasteiger partial charge in [0.25, 0.3) is 0 Å². The topological polar surface area (TPSA) is 70.1 Å². The first-order chi connectivity index (χ1) is 8.18. The van der Waals surface area contributed by atoms with Gasteiger partial charge in [0.2, 0.25) is 5.91 Å². The lowest BCUT2D eigenvalue weighted by Gasteiger charge is -2.23. The molecule has 6 heteroatoms. The van der Waals surface area contributed by atoms with Crippen molar-refractivity contribution in [3.05, 3.63) is 0 Å². The number of hydrogen-bond donors (Lipinski definition) is 1. The Labute approximate surface area is 100 Å². The first kappa shape index (κ1) is 12.2. The van der Waals surface area contributed by atoms with Crippen LogP contribution in [0.4, 0.5) is 4.79 Å². The molecule has 0 aromatic heterocycles. The van der Waals surface area contributed by atoms with Gasteiger partial charge in [-0.3, -0.25) is 4.79 Å². The molecule has 2 aliphatic heterocycles. The number of nitrogens with zero attached hydrogens (tertiary/aromatic N) is 2. The Morgan fingerprint density at radius 3 is 2.47 bits per heavy atom. The maximum Gasteiger partial charge on any atom is 0.407 e. The van der Waals surface area contributed by atoms with Crippen molar-refractivity contribution in [3.8, 4) is 0 Å². The van der Waals surface area contributed by atoms with Gasteiger partial charge in [-0.2, -0.15) is 0 Å². The number of hydrogen-bond acceptors (Lipinski definition) is 3. The number of carbonyl (C=O) groups is 2. The van der Waals surface area contributed by atoms with E-state index < -0.39 is 6.09 Å². The van der Waals surface area contributed by atoms with Gasteiger partial charge < -0.3 is 19.6 Å². The molecular formula is C11H18N2O4. The lowest BCUT2D eigenvalue weighted by Crippen LogP contribution is -2.39. The van der Waals surface area contributed by atoms with Gasteiger partial charge >= 0.3 is 6.09 Å². The standard InChI is InChI=1S/C11H18N2O4/c14-10(9-2-7-17-8-9)12-3-1-4-13(6-5-12)11(15)16/h9H,1-8H2,(H,15,16). The average Bonchev–Trinajstić information content (AvgIpc) is 2.71. The second-order valence-electron chi connectivity index (χ2n) is 4.51. The van der Waals surface area contributed by atoms with Crippen molar-refractivity contribution in [2.45, 2.75) is 12.8 Å². The van der Waals surface area contributed by atoms with Gasteiger partial charge in [0.15, 0.2) is 0 Å². The molecule has 2 saturated heterocycles. The van der Waals surface area contributed by atoms with E-state index in [1.807, 2.05) is 0 Å². The van der Waals surface area contributed by atoms with Gasteiger partial charge in [0, 0.05) is 32.8 Å². The number of amides is 2. The Morgan fingerprint density at radius 2 is 1.82 bits per heavy atom. The molecule has 0 aromatic carbocycles. The summed E-state index contributed by atoms with van der Waals surface area (Å²) in [4.78, 5) is 26.1. The fourth-order valence-electron chi connectivity index (χ4n) is 2.32. The van der Waals surface area contributed by atoms with Crippen molar-refractivity contribution < 1.29 is 19.4 Å². The maximum atomic E-state index is 12.1. The van der Waals surface area contributed by atoms with Crippen LogP contribution in [0, 0.1) is 5.92 Å². The summed E-state index contributed by atoms with van der Waals surface area (Å²) in [7, 11) is 0. The van der Waals surface area contributed by atoms with Crippen molar-refractivity contribution in [3.63, 3.8) is 0 Å². The molecule has 2 rings (SSSR count). The summed E-state index contributed by atoms with van der Waals surface area (Å²) in [5.41, 5.74) is 0. The van der Waals surface area contributed by atoms with E-state index in [1.54, 1.807) is 4.90 Å². The second-order valence-corrected chi connectivity index (χ2v) is 4.51. The molecule has 0 bridgehead atoms. The Morgan fingerprint density at radius 1 is 1.12 bits per heavy atom. The summed E-state index contributed by atoms with van der Waals surface area (Å²) in [6, 6.07) is 0. The number of carboxylic acid groups (broad SMARTS) is 1. The summed E-state index contributed by atoms with van der Waals surface area (Å²) >= 11 is 0. The van der Waals surface area contributed by atoms with Gasteiger partial charge in [-0.1, -0.05) is 0 Å². The van der Waals surface area contributed by atoms with Crippen molar-refractivity contribution in [1.29, 1.82) is 0 Å². The van der Waals surface area contributed by atoms with E-state index in [-0.39, 0.29) is 11.8 Å². The number of carbonyl (C=O) groups excluding carboxylic acids is 1. The zero-order chi connectivity index (χ0) is 12.3. The van der Waals surface area contributed by atoms with Gasteiger partial charge in [-0.15, -0.1) is 0 Å². The van der Waals surface area contributed by atoms with E-state index in [1.165, 1.54) is 4.90 Å². The summed E-state index contributed by atoms with van der Waals surface area (Å²) in [6.07, 6.45) is 0.604. The van der Waals surface area contributed by atoms with E-state index in [4.69, 9.17) is 9.84 Å². The van der Waals surface area contributed by atoms with Crippen LogP contribution in [0.25, 0.3) is 0 Å². The molecule has 96 valence electrons. The average molecular weight is 242 g/mol. The van der Waals surface area contributed by atoms with Gasteiger partial charge in [-0.05, 0) is 12.8 Å². The molecule has 0 saturated carbocycles. The Balaban J connectivity index is 1.89. The minimum atomic E-state index is -0.900. The molecule has 0 spiro atoms. The van der Waals surface area contributed by atoms with E-state index in [0.717, 1.165) is 6.42 Å². The lowest BCUT2D eigenvalue weighted by atomic mass is 10.1. The highest BCUT2D eigenvalue weighted by molar-refractivity contribution is 5.79. The van der Waals surface area contributed by atoms with E-state index in [2.05, 4.69) is 0 Å². The van der Waals surface area contributed by atoms with Crippen LogP contribution in [0.3, 0.4) is 0 Å². The smallest absolute Gasteiger partial charge is 0.407 e. The Bertz CT molecular complexity index is 302. The molecule has 17 heavy (non-hydrogen) atoms. The number of ether oxygens (including phenoxy) is 1. The van der Waals surface area contributed by atoms with E-state index in [9.17, 15) is 9.59 Å². The Hall–Kier alpha value is -1.30. The van der Waals surface area contributed by atoms with E-state index in [0.29, 0.717) is 45.8 Å². The molecule has 2 fully saturated rings. The first-order valence-electron chi connectivity index (χ1n) is 6.03. The van der Waals surface area contributed by atoms with Gasteiger partial charge in [0.05, 0.1) is 12.5 Å². The molecule has 2 heterocycles. The minimum Gasteiger partial charge on any atom is -0.465 e. The van der Waals surface area contributed by atoms with Crippen LogP contribution < -0.4 is 0 Å². The van der Waals surface area contributed by atoms with Crippen LogP contribution in [0.5, 0.6) is 0 Å². The van der Waals surface area contributed by atoms with Crippen LogP contribution in [-0.4, -0.2) is 66.3 Å². The molecule has 0 radical (unpaired) electrons. The normalized spacial score (nSPS) is 25.8. The van der Waals surface area contributed by atoms with Crippen molar-refractivity contribution in [1.82, 2.24) is 9.80 Å². The molecule has 6 nitrogen and oxygen atoms in total. The molecule has 2 amide bonds. The van der Waals surface area contributed by atoms with Crippen molar-refractivity contribution in [2.75, 3.05) is 39.4 Å². The van der Waals surface area contributed by atoms with Crippen molar-refractivity contribution >= 4 is 12.0 Å². The highest BCUT2D eigenvalue weighted by Crippen LogP contribution is 2.16. The summed E-state index contributed by atoms with van der Waals surface area (Å²) in [5.74, 6) is 0.0983. The highest BCUT2D eigenvalue weighted by Gasteiger charge is 2.29. The van der Waals surface area contributed by atoms with E-state index >= 15 is 0 Å². The predicted octanol–water partition coefficient (Wildman–Crippen LogP) is 0.235. The molecule has 0 aliphatic carbocycles. The number of rotatable bonds is 1. The fraction of sp³-hybridized carbons (Fsp3) is 0.818. The molecule has 2 aliphatic rings. The largest absolute Gasteiger partial charge is 0.465 e. The zero-order valence-electron chi connectivity index (χ0n) is 9.80.